The van der Waals surface area contributed by atoms with Gasteiger partial charge < -0.3 is 9.57 Å². The van der Waals surface area contributed by atoms with Crippen molar-refractivity contribution in [3.05, 3.63) is 70.2 Å². The van der Waals surface area contributed by atoms with Crippen LogP contribution in [0, 0.1) is 5.92 Å². The summed E-state index contributed by atoms with van der Waals surface area (Å²) in [5, 5.41) is 4.32. The van der Waals surface area contributed by atoms with Crippen LogP contribution in [0.1, 0.15) is 24.0 Å². The quantitative estimate of drug-likeness (QED) is 0.730. The van der Waals surface area contributed by atoms with E-state index in [4.69, 9.17) is 9.57 Å². The van der Waals surface area contributed by atoms with Crippen LogP contribution in [0.3, 0.4) is 0 Å². The molecule has 2 aliphatic rings. The lowest BCUT2D eigenvalue weighted by molar-refractivity contribution is -0.148. The summed E-state index contributed by atoms with van der Waals surface area (Å²) < 4.78 is 6.17. The number of benzene rings is 2. The van der Waals surface area contributed by atoms with Crippen LogP contribution in [0.15, 0.2) is 64.2 Å². The molecule has 0 saturated heterocycles. The van der Waals surface area contributed by atoms with Crippen molar-refractivity contribution in [2.45, 2.75) is 24.4 Å². The maximum absolute atomic E-state index is 12.7. The minimum absolute atomic E-state index is 0.0774. The Morgan fingerprint density at radius 3 is 2.72 bits per heavy atom. The number of esters is 1. The van der Waals surface area contributed by atoms with Gasteiger partial charge in [0.05, 0.1) is 18.2 Å². The first-order valence-electron chi connectivity index (χ1n) is 8.28. The Bertz CT molecular complexity index is 836. The molecule has 0 radical (unpaired) electrons. The number of oxime groups is 1. The molecular weight excluding hydrogens is 382 g/mol. The van der Waals surface area contributed by atoms with Gasteiger partial charge in [0.25, 0.3) is 0 Å². The molecule has 1 aliphatic heterocycles. The Hall–Kier alpha value is -2.14. The highest BCUT2D eigenvalue weighted by molar-refractivity contribution is 9.10. The molecule has 0 N–H and O–H groups in total. The van der Waals surface area contributed by atoms with E-state index >= 15 is 0 Å². The molecule has 1 saturated carbocycles. The maximum atomic E-state index is 12.7. The second kappa shape index (κ2) is 6.30. The maximum Gasteiger partial charge on any atom is 0.316 e. The average Bonchev–Trinajstić information content (AvgIpc) is 3.20. The largest absolute Gasteiger partial charge is 0.468 e. The molecule has 2 aromatic rings. The van der Waals surface area contributed by atoms with Crippen molar-refractivity contribution < 1.29 is 14.4 Å². The van der Waals surface area contributed by atoms with Gasteiger partial charge in [-0.25, -0.2) is 0 Å². The topological polar surface area (TPSA) is 47.9 Å². The van der Waals surface area contributed by atoms with Crippen LogP contribution in [0.2, 0.25) is 0 Å². The number of fused-ring (bicyclic) bond motifs is 1. The van der Waals surface area contributed by atoms with Gasteiger partial charge in [0.15, 0.2) is 0 Å². The summed E-state index contributed by atoms with van der Waals surface area (Å²) in [5.41, 5.74) is 2.23. The van der Waals surface area contributed by atoms with Crippen molar-refractivity contribution in [3.8, 4) is 0 Å². The third kappa shape index (κ3) is 2.67. The number of hydrogen-bond acceptors (Lipinski definition) is 4. The van der Waals surface area contributed by atoms with Crippen LogP contribution >= 0.6 is 15.9 Å². The van der Waals surface area contributed by atoms with E-state index in [2.05, 4.69) is 21.1 Å². The van der Waals surface area contributed by atoms with Crippen LogP contribution in [0.25, 0.3) is 0 Å². The van der Waals surface area contributed by atoms with E-state index in [1.165, 1.54) is 7.11 Å². The average molecular weight is 400 g/mol. The fraction of sp³-hybridized carbons (Fsp3) is 0.300. The molecule has 5 heteroatoms. The van der Waals surface area contributed by atoms with Crippen LogP contribution < -0.4 is 0 Å². The van der Waals surface area contributed by atoms with Gasteiger partial charge in [-0.1, -0.05) is 63.6 Å². The number of nitrogens with zero attached hydrogens (tertiary/aromatic N) is 1. The lowest BCUT2D eigenvalue weighted by Gasteiger charge is -2.27. The van der Waals surface area contributed by atoms with Crippen LogP contribution in [0.5, 0.6) is 0 Å². The predicted molar refractivity (Wildman–Crippen MR) is 98.4 cm³/mol. The van der Waals surface area contributed by atoms with E-state index in [9.17, 15) is 4.79 Å². The molecule has 3 atom stereocenters. The molecule has 0 amide bonds. The van der Waals surface area contributed by atoms with Crippen LogP contribution in [-0.2, 0) is 19.8 Å². The molecule has 0 unspecified atom stereocenters. The second-order valence-corrected chi connectivity index (χ2v) is 7.50. The number of rotatable bonds is 3. The number of carbonyl (C=O) groups excluding carboxylic acids is 1. The molecule has 4 rings (SSSR count). The standard InChI is InChI=1S/C20H18BrNO3/c1-24-19(23)20(14-7-3-2-4-8-14)11-16-17(12-20)25-22-18(16)13-6-5-9-15(21)10-13/h2-10,16-17H,11-12H2,1H3/t16-,17+,20+/m0/s1. The monoisotopic (exact) mass is 399 g/mol. The molecule has 4 nitrogen and oxygen atoms in total. The van der Waals surface area contributed by atoms with Crippen molar-refractivity contribution in [2.75, 3.05) is 7.11 Å². The van der Waals surface area contributed by atoms with Crippen molar-refractivity contribution in [2.24, 2.45) is 11.1 Å². The zero-order valence-corrected chi connectivity index (χ0v) is 15.4. The number of methoxy groups -OCH3 is 1. The highest BCUT2D eigenvalue weighted by atomic mass is 79.9. The molecule has 1 aliphatic carbocycles. The summed E-state index contributed by atoms with van der Waals surface area (Å²) in [6.07, 6.45) is 1.11. The zero-order valence-electron chi connectivity index (χ0n) is 13.8. The molecule has 128 valence electrons. The smallest absolute Gasteiger partial charge is 0.316 e. The fourth-order valence-corrected chi connectivity index (χ4v) is 4.44. The Morgan fingerprint density at radius 2 is 2.00 bits per heavy atom. The van der Waals surface area contributed by atoms with E-state index in [1.54, 1.807) is 0 Å². The lowest BCUT2D eigenvalue weighted by atomic mass is 9.77. The number of ether oxygens (including phenoxy) is 1. The van der Waals surface area contributed by atoms with Gasteiger partial charge in [0, 0.05) is 22.4 Å². The molecule has 25 heavy (non-hydrogen) atoms. The first-order valence-corrected chi connectivity index (χ1v) is 9.07. The van der Waals surface area contributed by atoms with Gasteiger partial charge in [-0.15, -0.1) is 0 Å². The zero-order chi connectivity index (χ0) is 17.4. The van der Waals surface area contributed by atoms with Crippen molar-refractivity contribution in [3.63, 3.8) is 0 Å². The number of hydrogen-bond donors (Lipinski definition) is 0. The number of carbonyl (C=O) groups is 1. The first kappa shape index (κ1) is 16.3. The molecular formula is C20H18BrNO3. The number of halogens is 1. The summed E-state index contributed by atoms with van der Waals surface area (Å²) in [4.78, 5) is 18.5. The van der Waals surface area contributed by atoms with Gasteiger partial charge in [0.2, 0.25) is 0 Å². The van der Waals surface area contributed by atoms with Crippen LogP contribution in [0.4, 0.5) is 0 Å². The molecule has 1 fully saturated rings. The third-order valence-electron chi connectivity index (χ3n) is 5.23. The van der Waals surface area contributed by atoms with E-state index in [0.29, 0.717) is 12.8 Å². The fourth-order valence-electron chi connectivity index (χ4n) is 4.04. The second-order valence-electron chi connectivity index (χ2n) is 6.59. The summed E-state index contributed by atoms with van der Waals surface area (Å²) in [5.74, 6) is -0.126. The lowest BCUT2D eigenvalue weighted by Crippen LogP contribution is -2.35. The van der Waals surface area contributed by atoms with Gasteiger partial charge in [-0.05, 0) is 24.1 Å². The summed E-state index contributed by atoms with van der Waals surface area (Å²) in [7, 11) is 1.45. The first-order chi connectivity index (χ1) is 12.1. The van der Waals surface area contributed by atoms with Crippen molar-refractivity contribution >= 4 is 27.6 Å². The minimum Gasteiger partial charge on any atom is -0.468 e. The summed E-state index contributed by atoms with van der Waals surface area (Å²) >= 11 is 3.51. The highest BCUT2D eigenvalue weighted by Gasteiger charge is 2.56. The van der Waals surface area contributed by atoms with E-state index in [1.807, 2.05) is 54.6 Å². The van der Waals surface area contributed by atoms with Gasteiger partial charge in [0.1, 0.15) is 6.10 Å². The Balaban J connectivity index is 1.71. The van der Waals surface area contributed by atoms with Crippen molar-refractivity contribution in [1.82, 2.24) is 0 Å². The third-order valence-corrected chi connectivity index (χ3v) is 5.72. The van der Waals surface area contributed by atoms with Gasteiger partial charge in [-0.3, -0.25) is 4.79 Å². The summed E-state index contributed by atoms with van der Waals surface area (Å²) in [6.45, 7) is 0. The van der Waals surface area contributed by atoms with Gasteiger partial charge >= 0.3 is 5.97 Å². The highest BCUT2D eigenvalue weighted by Crippen LogP contribution is 2.49. The predicted octanol–water partition coefficient (Wildman–Crippen LogP) is 4.07. The van der Waals surface area contributed by atoms with Gasteiger partial charge in [-0.2, -0.15) is 0 Å². The van der Waals surface area contributed by atoms with E-state index in [-0.39, 0.29) is 18.0 Å². The molecule has 2 aromatic carbocycles. The Kier molecular flexibility index (Phi) is 4.12. The molecule has 1 heterocycles. The Morgan fingerprint density at radius 1 is 1.20 bits per heavy atom. The molecule has 0 bridgehead atoms. The summed E-state index contributed by atoms with van der Waals surface area (Å²) in [6, 6.07) is 17.9. The minimum atomic E-state index is -0.682. The normalized spacial score (nSPS) is 27.4. The van der Waals surface area contributed by atoms with Crippen LogP contribution in [-0.4, -0.2) is 24.9 Å². The van der Waals surface area contributed by atoms with E-state index < -0.39 is 5.41 Å². The van der Waals surface area contributed by atoms with E-state index in [0.717, 1.165) is 21.3 Å². The molecule has 0 spiro atoms. The van der Waals surface area contributed by atoms with Crippen molar-refractivity contribution in [1.29, 1.82) is 0 Å². The molecule has 0 aromatic heterocycles. The Labute approximate surface area is 155 Å². The SMILES string of the molecule is COC(=O)[C@]1(c2ccccc2)C[C@@H]2C(c3cccc(Br)c3)=NO[C@@H]2C1.